The predicted molar refractivity (Wildman–Crippen MR) is 241 cm³/mol. The van der Waals surface area contributed by atoms with Crippen molar-refractivity contribution in [2.24, 2.45) is 0 Å². The summed E-state index contributed by atoms with van der Waals surface area (Å²) in [5.74, 6) is 0. The third-order valence-corrected chi connectivity index (χ3v) is 11.8. The SMILES string of the molecule is C/C=c1\c(=C/C)n(-c2ccccc2)c2ccc(-c3ccc4c(c3)c3cc(-c5ccc6c7ccccc7c7ccccc7c6c5)ccc3n4-c3ccccc3)cc12. The van der Waals surface area contributed by atoms with Crippen molar-refractivity contribution in [1.82, 2.24) is 9.13 Å². The zero-order valence-electron chi connectivity index (χ0n) is 31.4. The maximum atomic E-state index is 2.41. The molecule has 0 spiro atoms. The van der Waals surface area contributed by atoms with E-state index in [1.165, 1.54) is 104 Å². The molecule has 0 bridgehead atoms. The first-order valence-corrected chi connectivity index (χ1v) is 19.5. The van der Waals surface area contributed by atoms with Gasteiger partial charge in [-0.15, -0.1) is 0 Å². The quantitative estimate of drug-likeness (QED) is 0.161. The van der Waals surface area contributed by atoms with Gasteiger partial charge in [0.2, 0.25) is 0 Å². The largest absolute Gasteiger partial charge is 0.310 e. The Morgan fingerprint density at radius 1 is 0.304 bits per heavy atom. The Labute approximate surface area is 325 Å². The van der Waals surface area contributed by atoms with E-state index in [9.17, 15) is 0 Å². The smallest absolute Gasteiger partial charge is 0.0541 e. The van der Waals surface area contributed by atoms with Gasteiger partial charge in [0.25, 0.3) is 0 Å². The Hall–Kier alpha value is -7.16. The summed E-state index contributed by atoms with van der Waals surface area (Å²) in [6.45, 7) is 4.28. The van der Waals surface area contributed by atoms with Crippen LogP contribution in [-0.2, 0) is 0 Å². The molecule has 0 N–H and O–H groups in total. The monoisotopic (exact) mass is 714 g/mol. The second-order valence-corrected chi connectivity index (χ2v) is 14.8. The molecule has 2 heterocycles. The van der Waals surface area contributed by atoms with Gasteiger partial charge in [-0.3, -0.25) is 0 Å². The molecule has 0 saturated carbocycles. The van der Waals surface area contributed by atoms with E-state index in [1.54, 1.807) is 0 Å². The number of aromatic nitrogens is 2. The van der Waals surface area contributed by atoms with Crippen molar-refractivity contribution in [3.8, 4) is 33.6 Å². The first-order chi connectivity index (χ1) is 27.7. The van der Waals surface area contributed by atoms with Crippen molar-refractivity contribution in [2.75, 3.05) is 0 Å². The fourth-order valence-electron chi connectivity index (χ4n) is 9.28. The zero-order chi connectivity index (χ0) is 37.3. The summed E-state index contributed by atoms with van der Waals surface area (Å²) in [4.78, 5) is 0. The minimum absolute atomic E-state index is 1.16. The second-order valence-electron chi connectivity index (χ2n) is 14.8. The van der Waals surface area contributed by atoms with Gasteiger partial charge in [-0.2, -0.15) is 0 Å². The van der Waals surface area contributed by atoms with Crippen LogP contribution in [0, 0.1) is 0 Å². The second kappa shape index (κ2) is 12.7. The van der Waals surface area contributed by atoms with Crippen LogP contribution in [-0.4, -0.2) is 9.13 Å². The van der Waals surface area contributed by atoms with E-state index in [2.05, 4.69) is 217 Å². The molecule has 2 aromatic heterocycles. The fourth-order valence-corrected chi connectivity index (χ4v) is 9.28. The Morgan fingerprint density at radius 3 is 1.16 bits per heavy atom. The molecule has 0 atom stereocenters. The van der Waals surface area contributed by atoms with Crippen molar-refractivity contribution in [3.05, 3.63) is 193 Å². The maximum Gasteiger partial charge on any atom is 0.0541 e. The molecule has 0 unspecified atom stereocenters. The lowest BCUT2D eigenvalue weighted by atomic mass is 9.92. The molecule has 9 aromatic carbocycles. The molecule has 0 radical (unpaired) electrons. The minimum atomic E-state index is 1.16. The first kappa shape index (κ1) is 32.3. The fraction of sp³-hybridized carbons (Fsp3) is 0.0370. The molecule has 11 rings (SSSR count). The van der Waals surface area contributed by atoms with Gasteiger partial charge in [0, 0.05) is 38.1 Å². The van der Waals surface area contributed by atoms with Gasteiger partial charge in [-0.05, 0) is 135 Å². The molecular formula is C54H38N2. The summed E-state index contributed by atoms with van der Waals surface area (Å²) in [7, 11) is 0. The standard InChI is InChI=1S/C54H38N2/c1-3-41-48-32-36(24-28-52(48)55(51(41)4-2)39-15-7-5-8-16-39)38-26-30-54-50(34-38)49-33-37(25-29-53(49)56(54)40-17-9-6-10-18-40)35-23-27-46-44-21-12-11-19-42(44)43-20-13-14-22-45(43)47(46)31-35/h3-34H,1-2H3/b41-3-,51-4+. The number of rotatable bonds is 4. The molecule has 2 nitrogen and oxygen atoms in total. The van der Waals surface area contributed by atoms with E-state index in [1.807, 2.05) is 0 Å². The molecular weight excluding hydrogens is 677 g/mol. The van der Waals surface area contributed by atoms with Gasteiger partial charge in [0.15, 0.2) is 0 Å². The molecule has 264 valence electrons. The van der Waals surface area contributed by atoms with E-state index >= 15 is 0 Å². The van der Waals surface area contributed by atoms with Crippen LogP contribution in [0.25, 0.3) is 111 Å². The van der Waals surface area contributed by atoms with Crippen molar-refractivity contribution in [1.29, 1.82) is 0 Å². The van der Waals surface area contributed by atoms with Gasteiger partial charge >= 0.3 is 0 Å². The Balaban J connectivity index is 1.13. The Kier molecular flexibility index (Phi) is 7.33. The summed E-state index contributed by atoms with van der Waals surface area (Å²) in [5.41, 5.74) is 10.8. The van der Waals surface area contributed by atoms with E-state index < -0.39 is 0 Å². The van der Waals surface area contributed by atoms with Gasteiger partial charge in [0.1, 0.15) is 0 Å². The van der Waals surface area contributed by atoms with Crippen LogP contribution in [0.4, 0.5) is 0 Å². The molecule has 2 heteroatoms. The number of nitrogens with zero attached hydrogens (tertiary/aromatic N) is 2. The molecule has 0 saturated heterocycles. The van der Waals surface area contributed by atoms with Crippen LogP contribution in [0.5, 0.6) is 0 Å². The highest BCUT2D eigenvalue weighted by atomic mass is 15.0. The summed E-state index contributed by atoms with van der Waals surface area (Å²) in [6, 6.07) is 67.0. The van der Waals surface area contributed by atoms with Crippen LogP contribution in [0.3, 0.4) is 0 Å². The molecule has 56 heavy (non-hydrogen) atoms. The van der Waals surface area contributed by atoms with Gasteiger partial charge in [0.05, 0.1) is 16.6 Å². The van der Waals surface area contributed by atoms with Crippen LogP contribution in [0.2, 0.25) is 0 Å². The highest BCUT2D eigenvalue weighted by molar-refractivity contribution is 6.26. The van der Waals surface area contributed by atoms with Crippen LogP contribution < -0.4 is 10.6 Å². The summed E-state index contributed by atoms with van der Waals surface area (Å²) < 4.78 is 4.79. The Bertz CT molecular complexity index is 3440. The third-order valence-electron chi connectivity index (χ3n) is 11.8. The number of hydrogen-bond donors (Lipinski definition) is 0. The van der Waals surface area contributed by atoms with Crippen LogP contribution >= 0.6 is 0 Å². The van der Waals surface area contributed by atoms with Crippen molar-refractivity contribution in [3.63, 3.8) is 0 Å². The van der Waals surface area contributed by atoms with Gasteiger partial charge in [-0.1, -0.05) is 127 Å². The highest BCUT2D eigenvalue weighted by Gasteiger charge is 2.17. The summed E-state index contributed by atoms with van der Waals surface area (Å²) in [6.07, 6.45) is 4.47. The maximum absolute atomic E-state index is 2.41. The lowest BCUT2D eigenvalue weighted by molar-refractivity contribution is 1.07. The number of fused-ring (bicyclic) bond motifs is 10. The Morgan fingerprint density at radius 2 is 0.679 bits per heavy atom. The van der Waals surface area contributed by atoms with E-state index in [4.69, 9.17) is 0 Å². The molecule has 0 aliphatic carbocycles. The van der Waals surface area contributed by atoms with Crippen LogP contribution in [0.15, 0.2) is 182 Å². The van der Waals surface area contributed by atoms with Crippen molar-refractivity contribution < 1.29 is 0 Å². The molecule has 0 amide bonds. The first-order valence-electron chi connectivity index (χ1n) is 19.5. The van der Waals surface area contributed by atoms with Crippen LogP contribution in [0.1, 0.15) is 13.8 Å². The highest BCUT2D eigenvalue weighted by Crippen LogP contribution is 2.40. The molecule has 0 aliphatic rings. The summed E-state index contributed by atoms with van der Waals surface area (Å²) >= 11 is 0. The molecule has 11 aromatic rings. The predicted octanol–water partition coefficient (Wildman–Crippen LogP) is 13.1. The minimum Gasteiger partial charge on any atom is -0.310 e. The van der Waals surface area contributed by atoms with Crippen molar-refractivity contribution >= 4 is 77.2 Å². The topological polar surface area (TPSA) is 9.86 Å². The van der Waals surface area contributed by atoms with Gasteiger partial charge in [-0.25, -0.2) is 0 Å². The number of benzene rings is 9. The third kappa shape index (κ3) is 4.82. The normalized spacial score (nSPS) is 12.7. The lowest BCUT2D eigenvalue weighted by Gasteiger charge is -2.12. The van der Waals surface area contributed by atoms with Gasteiger partial charge < -0.3 is 9.13 Å². The van der Waals surface area contributed by atoms with E-state index in [0.29, 0.717) is 0 Å². The number of para-hydroxylation sites is 2. The molecule has 0 fully saturated rings. The summed E-state index contributed by atoms with van der Waals surface area (Å²) in [5, 5.41) is 14.0. The lowest BCUT2D eigenvalue weighted by Crippen LogP contribution is -2.27. The van der Waals surface area contributed by atoms with Crippen molar-refractivity contribution in [2.45, 2.75) is 13.8 Å². The number of hydrogen-bond acceptors (Lipinski definition) is 0. The average Bonchev–Trinajstić information content (AvgIpc) is 3.78. The van der Waals surface area contributed by atoms with E-state index in [0.717, 1.165) is 5.69 Å². The average molecular weight is 715 g/mol. The molecule has 0 aliphatic heterocycles. The zero-order valence-corrected chi connectivity index (χ0v) is 31.4. The van der Waals surface area contributed by atoms with E-state index in [-0.39, 0.29) is 0 Å².